The van der Waals surface area contributed by atoms with E-state index in [1.807, 2.05) is 0 Å². The van der Waals surface area contributed by atoms with Crippen LogP contribution in [0.3, 0.4) is 0 Å². The third-order valence-electron chi connectivity index (χ3n) is 4.61. The summed E-state index contributed by atoms with van der Waals surface area (Å²) < 4.78 is 7.00. The first-order valence-electron chi connectivity index (χ1n) is 7.33. The maximum Gasteiger partial charge on any atom is 0.125 e. The SMILES string of the molecule is CC1CCC(N)C(Cc2cc(Br)cc3c2OCC3)C1. The van der Waals surface area contributed by atoms with E-state index in [9.17, 15) is 0 Å². The minimum Gasteiger partial charge on any atom is -0.493 e. The summed E-state index contributed by atoms with van der Waals surface area (Å²) >= 11 is 3.62. The molecule has 1 aliphatic carbocycles. The lowest BCUT2D eigenvalue weighted by molar-refractivity contribution is 0.242. The molecule has 2 nitrogen and oxygen atoms in total. The molecule has 3 atom stereocenters. The van der Waals surface area contributed by atoms with Crippen molar-refractivity contribution < 1.29 is 4.74 Å². The average molecular weight is 324 g/mol. The van der Waals surface area contributed by atoms with E-state index in [1.54, 1.807) is 0 Å². The Labute approximate surface area is 123 Å². The molecule has 2 N–H and O–H groups in total. The van der Waals surface area contributed by atoms with Crippen LogP contribution in [-0.2, 0) is 12.8 Å². The monoisotopic (exact) mass is 323 g/mol. The van der Waals surface area contributed by atoms with Crippen LogP contribution in [0.15, 0.2) is 16.6 Å². The van der Waals surface area contributed by atoms with Crippen LogP contribution in [0.5, 0.6) is 5.75 Å². The van der Waals surface area contributed by atoms with Gasteiger partial charge in [-0.1, -0.05) is 22.9 Å². The molecule has 0 spiro atoms. The Bertz CT molecular complexity index is 474. The van der Waals surface area contributed by atoms with E-state index >= 15 is 0 Å². The van der Waals surface area contributed by atoms with Gasteiger partial charge >= 0.3 is 0 Å². The maximum atomic E-state index is 6.32. The van der Waals surface area contributed by atoms with Crippen molar-refractivity contribution in [3.63, 3.8) is 0 Å². The van der Waals surface area contributed by atoms with Crippen LogP contribution in [0.2, 0.25) is 0 Å². The first kappa shape index (κ1) is 13.4. The van der Waals surface area contributed by atoms with Gasteiger partial charge in [0.05, 0.1) is 6.61 Å². The topological polar surface area (TPSA) is 35.2 Å². The highest BCUT2D eigenvalue weighted by molar-refractivity contribution is 9.10. The Morgan fingerprint density at radius 2 is 2.21 bits per heavy atom. The molecule has 1 aromatic carbocycles. The Kier molecular flexibility index (Phi) is 3.86. The van der Waals surface area contributed by atoms with E-state index in [4.69, 9.17) is 10.5 Å². The summed E-state index contributed by atoms with van der Waals surface area (Å²) in [7, 11) is 0. The average Bonchev–Trinajstić information content (AvgIpc) is 2.82. The van der Waals surface area contributed by atoms with Crippen molar-refractivity contribution in [3.05, 3.63) is 27.7 Å². The van der Waals surface area contributed by atoms with E-state index in [0.29, 0.717) is 12.0 Å². The van der Waals surface area contributed by atoms with Gasteiger partial charge in [-0.3, -0.25) is 0 Å². The van der Waals surface area contributed by atoms with Crippen molar-refractivity contribution in [2.75, 3.05) is 6.61 Å². The predicted octanol–water partition coefficient (Wildman–Crippen LogP) is 3.69. The summed E-state index contributed by atoms with van der Waals surface area (Å²) in [5, 5.41) is 0. The van der Waals surface area contributed by atoms with E-state index in [-0.39, 0.29) is 0 Å². The molecule has 1 fully saturated rings. The van der Waals surface area contributed by atoms with Gasteiger partial charge in [0.25, 0.3) is 0 Å². The molecule has 3 heteroatoms. The van der Waals surface area contributed by atoms with Crippen molar-refractivity contribution >= 4 is 15.9 Å². The van der Waals surface area contributed by atoms with Crippen molar-refractivity contribution in [2.24, 2.45) is 17.6 Å². The zero-order valence-corrected chi connectivity index (χ0v) is 13.1. The van der Waals surface area contributed by atoms with E-state index in [0.717, 1.165) is 31.1 Å². The summed E-state index contributed by atoms with van der Waals surface area (Å²) in [6, 6.07) is 4.76. The summed E-state index contributed by atoms with van der Waals surface area (Å²) in [6.45, 7) is 3.17. The number of fused-ring (bicyclic) bond motifs is 1. The summed E-state index contributed by atoms with van der Waals surface area (Å²) in [5.41, 5.74) is 9.01. The maximum absolute atomic E-state index is 6.32. The van der Waals surface area contributed by atoms with Gasteiger partial charge in [0.1, 0.15) is 5.75 Å². The molecule has 1 saturated carbocycles. The third kappa shape index (κ3) is 2.82. The van der Waals surface area contributed by atoms with Crippen LogP contribution in [0.4, 0.5) is 0 Å². The second kappa shape index (κ2) is 5.45. The smallest absolute Gasteiger partial charge is 0.125 e. The highest BCUT2D eigenvalue weighted by Gasteiger charge is 2.28. The molecular weight excluding hydrogens is 302 g/mol. The lowest BCUT2D eigenvalue weighted by Gasteiger charge is -2.33. The van der Waals surface area contributed by atoms with Crippen LogP contribution < -0.4 is 10.5 Å². The predicted molar refractivity (Wildman–Crippen MR) is 81.5 cm³/mol. The molecule has 2 aliphatic rings. The largest absolute Gasteiger partial charge is 0.493 e. The molecule has 0 saturated heterocycles. The second-order valence-electron chi connectivity index (χ2n) is 6.20. The molecule has 0 amide bonds. The molecule has 104 valence electrons. The molecule has 0 radical (unpaired) electrons. The van der Waals surface area contributed by atoms with Gasteiger partial charge < -0.3 is 10.5 Å². The van der Waals surface area contributed by atoms with Gasteiger partial charge in [0.2, 0.25) is 0 Å². The van der Waals surface area contributed by atoms with E-state index in [1.165, 1.54) is 34.9 Å². The third-order valence-corrected chi connectivity index (χ3v) is 5.07. The molecule has 1 heterocycles. The van der Waals surface area contributed by atoms with Crippen molar-refractivity contribution in [1.29, 1.82) is 0 Å². The highest BCUT2D eigenvalue weighted by atomic mass is 79.9. The number of halogens is 1. The van der Waals surface area contributed by atoms with Gasteiger partial charge in [0, 0.05) is 16.9 Å². The van der Waals surface area contributed by atoms with Gasteiger partial charge in [-0.05, 0) is 60.8 Å². The quantitative estimate of drug-likeness (QED) is 0.900. The van der Waals surface area contributed by atoms with Crippen molar-refractivity contribution in [2.45, 2.75) is 45.1 Å². The number of ether oxygens (including phenoxy) is 1. The Balaban J connectivity index is 1.83. The molecule has 1 aliphatic heterocycles. The molecule has 0 aromatic heterocycles. The van der Waals surface area contributed by atoms with E-state index in [2.05, 4.69) is 35.0 Å². The number of benzene rings is 1. The number of nitrogens with two attached hydrogens (primary N) is 1. The molecular formula is C16H22BrNO. The lowest BCUT2D eigenvalue weighted by atomic mass is 9.76. The second-order valence-corrected chi connectivity index (χ2v) is 7.11. The van der Waals surface area contributed by atoms with Crippen LogP contribution in [0.1, 0.15) is 37.3 Å². The van der Waals surface area contributed by atoms with Crippen LogP contribution in [0.25, 0.3) is 0 Å². The van der Waals surface area contributed by atoms with Crippen molar-refractivity contribution in [3.8, 4) is 5.75 Å². The molecule has 1 aromatic rings. The highest BCUT2D eigenvalue weighted by Crippen LogP contribution is 2.37. The zero-order chi connectivity index (χ0) is 13.4. The van der Waals surface area contributed by atoms with Gasteiger partial charge in [-0.15, -0.1) is 0 Å². The van der Waals surface area contributed by atoms with Crippen molar-refractivity contribution in [1.82, 2.24) is 0 Å². The molecule has 3 rings (SSSR count). The zero-order valence-electron chi connectivity index (χ0n) is 11.5. The fraction of sp³-hybridized carbons (Fsp3) is 0.625. The summed E-state index contributed by atoms with van der Waals surface area (Å²) in [4.78, 5) is 0. The molecule has 19 heavy (non-hydrogen) atoms. The van der Waals surface area contributed by atoms with Crippen LogP contribution >= 0.6 is 15.9 Å². The Morgan fingerprint density at radius 1 is 1.37 bits per heavy atom. The minimum absolute atomic E-state index is 0.354. The molecule has 3 unspecified atom stereocenters. The van der Waals surface area contributed by atoms with E-state index < -0.39 is 0 Å². The van der Waals surface area contributed by atoms with Crippen LogP contribution in [0, 0.1) is 11.8 Å². The fourth-order valence-electron chi connectivity index (χ4n) is 3.54. The standard InChI is InChI=1S/C16H22BrNO/c1-10-2-3-15(18)12(6-10)7-13-9-14(17)8-11-4-5-19-16(11)13/h8-10,12,15H,2-7,18H2,1H3. The summed E-state index contributed by atoms with van der Waals surface area (Å²) in [5.74, 6) is 2.55. The van der Waals surface area contributed by atoms with Crippen LogP contribution in [-0.4, -0.2) is 12.6 Å². The first-order chi connectivity index (χ1) is 9.13. The lowest BCUT2D eigenvalue weighted by Crippen LogP contribution is -2.36. The van der Waals surface area contributed by atoms with Gasteiger partial charge in [-0.2, -0.15) is 0 Å². The fourth-order valence-corrected chi connectivity index (χ4v) is 4.09. The first-order valence-corrected chi connectivity index (χ1v) is 8.12. The number of rotatable bonds is 2. The van der Waals surface area contributed by atoms with Gasteiger partial charge in [-0.25, -0.2) is 0 Å². The minimum atomic E-state index is 0.354. The Hall–Kier alpha value is -0.540. The normalized spacial score (nSPS) is 29.9. The molecule has 0 bridgehead atoms. The van der Waals surface area contributed by atoms with Gasteiger partial charge in [0.15, 0.2) is 0 Å². The Morgan fingerprint density at radius 3 is 3.05 bits per heavy atom. The summed E-state index contributed by atoms with van der Waals surface area (Å²) in [6.07, 6.45) is 5.80. The number of hydrogen-bond donors (Lipinski definition) is 1. The number of hydrogen-bond acceptors (Lipinski definition) is 2.